The van der Waals surface area contributed by atoms with Crippen molar-refractivity contribution in [2.75, 3.05) is 5.33 Å². The van der Waals surface area contributed by atoms with E-state index in [1.54, 1.807) is 6.92 Å². The average Bonchev–Trinajstić information content (AvgIpc) is 2.47. The first-order valence-corrected chi connectivity index (χ1v) is 8.15. The monoisotopic (exact) mass is 338 g/mol. The molecule has 20 heavy (non-hydrogen) atoms. The molecule has 0 fully saturated rings. The van der Waals surface area contributed by atoms with Gasteiger partial charge in [0.15, 0.2) is 0 Å². The van der Waals surface area contributed by atoms with Crippen LogP contribution in [0.2, 0.25) is 0 Å². The summed E-state index contributed by atoms with van der Waals surface area (Å²) in [6, 6.07) is 5.85. The molecule has 0 saturated heterocycles. The van der Waals surface area contributed by atoms with Gasteiger partial charge in [-0.15, -0.1) is 0 Å². The molecule has 1 aromatic rings. The number of carbonyl (C=O) groups is 2. The molecule has 1 aromatic carbocycles. The topological polar surface area (TPSA) is 43.4 Å². The van der Waals surface area contributed by atoms with Crippen LogP contribution in [0.5, 0.6) is 5.75 Å². The first-order chi connectivity index (χ1) is 9.63. The van der Waals surface area contributed by atoms with Crippen LogP contribution in [0.1, 0.15) is 37.3 Å². The molecule has 4 heteroatoms. The Labute approximate surface area is 127 Å². The first kappa shape index (κ1) is 15.2. The highest BCUT2D eigenvalue weighted by molar-refractivity contribution is 9.09. The van der Waals surface area contributed by atoms with Gasteiger partial charge in [-0.05, 0) is 42.4 Å². The zero-order valence-corrected chi connectivity index (χ0v) is 13.2. The fourth-order valence-electron chi connectivity index (χ4n) is 2.69. The molecule has 0 heterocycles. The fraction of sp³-hybridized carbons (Fsp3) is 0.500. The summed E-state index contributed by atoms with van der Waals surface area (Å²) in [4.78, 5) is 23.0. The highest BCUT2D eigenvalue weighted by atomic mass is 79.9. The zero-order chi connectivity index (χ0) is 14.5. The minimum Gasteiger partial charge on any atom is -0.426 e. The van der Waals surface area contributed by atoms with Crippen LogP contribution in [0, 0.1) is 5.92 Å². The second-order valence-corrected chi connectivity index (χ2v) is 5.77. The maximum Gasteiger partial charge on any atom is 0.310 e. The number of benzene rings is 1. The highest BCUT2D eigenvalue weighted by Crippen LogP contribution is 2.33. The van der Waals surface area contributed by atoms with Crippen LogP contribution in [-0.2, 0) is 22.4 Å². The Bertz CT molecular complexity index is 510. The van der Waals surface area contributed by atoms with Crippen LogP contribution in [-0.4, -0.2) is 17.1 Å². The van der Waals surface area contributed by atoms with Gasteiger partial charge in [-0.2, -0.15) is 0 Å². The van der Waals surface area contributed by atoms with Crippen molar-refractivity contribution in [2.24, 2.45) is 5.92 Å². The molecule has 1 atom stereocenters. The molecule has 0 aliphatic heterocycles. The van der Waals surface area contributed by atoms with Crippen molar-refractivity contribution in [1.29, 1.82) is 0 Å². The number of carbonyl (C=O) groups excluding carboxylic acids is 2. The SMILES string of the molecule is CCC(=O)Oc1cccc2c1CCC(CC(=O)CBr)C2. The fourth-order valence-corrected chi connectivity index (χ4v) is 2.92. The number of ketones is 1. The van der Waals surface area contributed by atoms with Crippen molar-refractivity contribution in [3.05, 3.63) is 29.3 Å². The number of rotatable bonds is 5. The molecule has 2 rings (SSSR count). The summed E-state index contributed by atoms with van der Waals surface area (Å²) in [6.45, 7) is 1.79. The molecule has 0 radical (unpaired) electrons. The van der Waals surface area contributed by atoms with Gasteiger partial charge in [0.25, 0.3) is 0 Å². The van der Waals surface area contributed by atoms with E-state index in [4.69, 9.17) is 4.74 Å². The lowest BCUT2D eigenvalue weighted by atomic mass is 9.81. The number of esters is 1. The maximum absolute atomic E-state index is 11.5. The number of hydrogen-bond acceptors (Lipinski definition) is 3. The molecule has 0 aromatic heterocycles. The quantitative estimate of drug-likeness (QED) is 0.469. The maximum atomic E-state index is 11.5. The third kappa shape index (κ3) is 3.69. The van der Waals surface area contributed by atoms with Crippen molar-refractivity contribution >= 4 is 27.7 Å². The predicted octanol–water partition coefficient (Wildman–Crippen LogP) is 3.46. The number of ether oxygens (including phenoxy) is 1. The van der Waals surface area contributed by atoms with Gasteiger partial charge in [0.05, 0.1) is 5.33 Å². The van der Waals surface area contributed by atoms with E-state index in [2.05, 4.69) is 22.0 Å². The van der Waals surface area contributed by atoms with Gasteiger partial charge in [-0.3, -0.25) is 9.59 Å². The number of hydrogen-bond donors (Lipinski definition) is 0. The standard InChI is InChI=1S/C16H19BrO3/c1-2-16(19)20-15-5-3-4-12-8-11(6-7-14(12)15)9-13(18)10-17/h3-5,11H,2,6-10H2,1H3. The highest BCUT2D eigenvalue weighted by Gasteiger charge is 2.23. The van der Waals surface area contributed by atoms with Gasteiger partial charge in [-0.25, -0.2) is 0 Å². The third-order valence-corrected chi connectivity index (χ3v) is 4.34. The van der Waals surface area contributed by atoms with Crippen LogP contribution in [0.3, 0.4) is 0 Å². The number of fused-ring (bicyclic) bond motifs is 1. The lowest BCUT2D eigenvalue weighted by molar-refractivity contribution is -0.134. The molecule has 0 amide bonds. The third-order valence-electron chi connectivity index (χ3n) is 3.72. The van der Waals surface area contributed by atoms with Crippen LogP contribution in [0.4, 0.5) is 0 Å². The molecule has 1 aliphatic rings. The minimum atomic E-state index is -0.199. The van der Waals surface area contributed by atoms with Crippen LogP contribution >= 0.6 is 15.9 Å². The number of alkyl halides is 1. The number of Topliss-reactive ketones (excluding diaryl/α,β-unsaturated/α-hetero) is 1. The van der Waals surface area contributed by atoms with E-state index < -0.39 is 0 Å². The van der Waals surface area contributed by atoms with Gasteiger partial charge < -0.3 is 4.74 Å². The van der Waals surface area contributed by atoms with E-state index in [0.717, 1.165) is 24.8 Å². The van der Waals surface area contributed by atoms with E-state index >= 15 is 0 Å². The van der Waals surface area contributed by atoms with Crippen molar-refractivity contribution < 1.29 is 14.3 Å². The smallest absolute Gasteiger partial charge is 0.310 e. The average molecular weight is 339 g/mol. The Morgan fingerprint density at radius 3 is 2.90 bits per heavy atom. The van der Waals surface area contributed by atoms with Gasteiger partial charge in [0, 0.05) is 12.8 Å². The van der Waals surface area contributed by atoms with Crippen LogP contribution < -0.4 is 4.74 Å². The van der Waals surface area contributed by atoms with Crippen molar-refractivity contribution in [3.63, 3.8) is 0 Å². The van der Waals surface area contributed by atoms with E-state index in [-0.39, 0.29) is 11.8 Å². The predicted molar refractivity (Wildman–Crippen MR) is 81.3 cm³/mol. The summed E-state index contributed by atoms with van der Waals surface area (Å²) in [6.07, 6.45) is 3.76. The second kappa shape index (κ2) is 7.02. The summed E-state index contributed by atoms with van der Waals surface area (Å²) in [7, 11) is 0. The summed E-state index contributed by atoms with van der Waals surface area (Å²) >= 11 is 3.21. The second-order valence-electron chi connectivity index (χ2n) is 5.21. The largest absolute Gasteiger partial charge is 0.426 e. The van der Waals surface area contributed by atoms with Gasteiger partial charge in [0.1, 0.15) is 11.5 Å². The molecule has 108 valence electrons. The van der Waals surface area contributed by atoms with E-state index in [9.17, 15) is 9.59 Å². The van der Waals surface area contributed by atoms with E-state index in [1.165, 1.54) is 5.56 Å². The molecule has 3 nitrogen and oxygen atoms in total. The summed E-state index contributed by atoms with van der Waals surface area (Å²) in [5.41, 5.74) is 2.35. The van der Waals surface area contributed by atoms with Crippen molar-refractivity contribution in [1.82, 2.24) is 0 Å². The van der Waals surface area contributed by atoms with Gasteiger partial charge in [-0.1, -0.05) is 35.0 Å². The summed E-state index contributed by atoms with van der Waals surface area (Å²) in [5.74, 6) is 1.16. The van der Waals surface area contributed by atoms with Crippen LogP contribution in [0.25, 0.3) is 0 Å². The van der Waals surface area contributed by atoms with Crippen LogP contribution in [0.15, 0.2) is 18.2 Å². The Kier molecular flexibility index (Phi) is 5.35. The van der Waals surface area contributed by atoms with Gasteiger partial charge >= 0.3 is 5.97 Å². The summed E-state index contributed by atoms with van der Waals surface area (Å²) < 4.78 is 5.39. The molecule has 0 spiro atoms. The first-order valence-electron chi connectivity index (χ1n) is 7.03. The molecule has 0 bridgehead atoms. The Balaban J connectivity index is 2.11. The minimum absolute atomic E-state index is 0.199. The molecule has 1 aliphatic carbocycles. The lowest BCUT2D eigenvalue weighted by Gasteiger charge is -2.25. The summed E-state index contributed by atoms with van der Waals surface area (Å²) in [5, 5.41) is 0.435. The molecule has 0 saturated carbocycles. The number of halogens is 1. The Hall–Kier alpha value is -1.16. The van der Waals surface area contributed by atoms with Crippen molar-refractivity contribution in [2.45, 2.75) is 39.0 Å². The Morgan fingerprint density at radius 2 is 2.20 bits per heavy atom. The lowest BCUT2D eigenvalue weighted by Crippen LogP contribution is -2.19. The zero-order valence-electron chi connectivity index (χ0n) is 11.7. The van der Waals surface area contributed by atoms with Gasteiger partial charge in [0.2, 0.25) is 0 Å². The van der Waals surface area contributed by atoms with E-state index in [1.807, 2.05) is 12.1 Å². The normalized spacial score (nSPS) is 17.4. The molecular formula is C16H19BrO3. The van der Waals surface area contributed by atoms with E-state index in [0.29, 0.717) is 29.8 Å². The molecule has 0 N–H and O–H groups in total. The Morgan fingerprint density at radius 1 is 1.40 bits per heavy atom. The molecular weight excluding hydrogens is 320 g/mol. The van der Waals surface area contributed by atoms with Crippen molar-refractivity contribution in [3.8, 4) is 5.75 Å². The molecule has 1 unspecified atom stereocenters.